The molecule has 0 aliphatic heterocycles. The van der Waals surface area contributed by atoms with Crippen molar-refractivity contribution in [2.75, 3.05) is 4.90 Å². The van der Waals surface area contributed by atoms with Crippen molar-refractivity contribution in [3.63, 3.8) is 0 Å². The Balaban J connectivity index is 0.000000948. The molecule has 0 unspecified atom stereocenters. The molecule has 50 heavy (non-hydrogen) atoms. The van der Waals surface area contributed by atoms with E-state index in [9.17, 15) is 0 Å². The molecular weight excluding hydrogens is 607 g/mol. The Kier molecular flexibility index (Phi) is 9.22. The van der Waals surface area contributed by atoms with Gasteiger partial charge in [-0.1, -0.05) is 125 Å². The fraction of sp³-hybridized carbons (Fsp3) is 0.106. The molecule has 7 aromatic carbocycles. The molecule has 9 rings (SSSR count). The van der Waals surface area contributed by atoms with Crippen LogP contribution >= 0.6 is 0 Å². The van der Waals surface area contributed by atoms with Crippen molar-refractivity contribution in [1.29, 1.82) is 0 Å². The Hall–Kier alpha value is -6.06. The van der Waals surface area contributed by atoms with E-state index in [-0.39, 0.29) is 0 Å². The first kappa shape index (κ1) is 32.5. The SMILES string of the molecule is CC.CC.Cc1ccccc1N(c1ccccc1)c1cccc(-n2c3ccccc3c3cc(-n4c5ccccc5c5ccccc54)ccc32)c1. The molecule has 0 atom stereocenters. The minimum absolute atomic E-state index is 1.12. The molecular formula is C47H43N3. The first-order chi connectivity index (χ1) is 24.8. The van der Waals surface area contributed by atoms with Gasteiger partial charge in [0.05, 0.1) is 22.1 Å². The number of hydrogen-bond donors (Lipinski definition) is 0. The van der Waals surface area contributed by atoms with E-state index < -0.39 is 0 Å². The number of fused-ring (bicyclic) bond motifs is 6. The van der Waals surface area contributed by atoms with E-state index in [1.165, 1.54) is 54.9 Å². The molecule has 0 N–H and O–H groups in total. The Labute approximate surface area is 295 Å². The summed E-state index contributed by atoms with van der Waals surface area (Å²) in [6.07, 6.45) is 0. The molecule has 0 bridgehead atoms. The van der Waals surface area contributed by atoms with E-state index in [0.29, 0.717) is 0 Å². The molecule has 0 fully saturated rings. The van der Waals surface area contributed by atoms with Gasteiger partial charge >= 0.3 is 0 Å². The fourth-order valence-electron chi connectivity index (χ4n) is 7.17. The summed E-state index contributed by atoms with van der Waals surface area (Å²) in [4.78, 5) is 2.35. The number of rotatable bonds is 5. The predicted octanol–water partition coefficient (Wildman–Crippen LogP) is 13.7. The van der Waals surface area contributed by atoms with Crippen LogP contribution in [0.3, 0.4) is 0 Å². The van der Waals surface area contributed by atoms with Crippen molar-refractivity contribution in [2.24, 2.45) is 0 Å². The Morgan fingerprint density at radius 2 is 0.820 bits per heavy atom. The third-order valence-corrected chi connectivity index (χ3v) is 9.21. The molecule has 3 heteroatoms. The molecule has 0 aliphatic rings. The predicted molar refractivity (Wildman–Crippen MR) is 217 cm³/mol. The van der Waals surface area contributed by atoms with Gasteiger partial charge in [-0.2, -0.15) is 0 Å². The lowest BCUT2D eigenvalue weighted by Gasteiger charge is -2.27. The second kappa shape index (κ2) is 14.2. The summed E-state index contributed by atoms with van der Waals surface area (Å²) >= 11 is 0. The quantitative estimate of drug-likeness (QED) is 0.181. The molecule has 9 aromatic rings. The minimum Gasteiger partial charge on any atom is -0.310 e. The lowest BCUT2D eigenvalue weighted by molar-refractivity contribution is 1.16. The molecule has 0 spiro atoms. The molecule has 3 nitrogen and oxygen atoms in total. The highest BCUT2D eigenvalue weighted by Gasteiger charge is 2.18. The number of anilines is 3. The topological polar surface area (TPSA) is 13.1 Å². The molecule has 0 radical (unpaired) electrons. The van der Waals surface area contributed by atoms with E-state index in [2.05, 4.69) is 191 Å². The lowest BCUT2D eigenvalue weighted by Crippen LogP contribution is -2.11. The van der Waals surface area contributed by atoms with Gasteiger partial charge in [-0.15, -0.1) is 0 Å². The number of aryl methyl sites for hydroxylation is 1. The van der Waals surface area contributed by atoms with Crippen molar-refractivity contribution in [1.82, 2.24) is 9.13 Å². The van der Waals surface area contributed by atoms with Crippen LogP contribution in [0.25, 0.3) is 55.0 Å². The molecule has 2 heterocycles. The second-order valence-corrected chi connectivity index (χ2v) is 11.9. The summed E-state index contributed by atoms with van der Waals surface area (Å²) < 4.78 is 4.81. The summed E-state index contributed by atoms with van der Waals surface area (Å²) in [7, 11) is 0. The minimum atomic E-state index is 1.12. The molecule has 0 amide bonds. The zero-order valence-corrected chi connectivity index (χ0v) is 29.5. The van der Waals surface area contributed by atoms with Gasteiger partial charge in [0.2, 0.25) is 0 Å². The Bertz CT molecular complexity index is 2500. The summed E-state index contributed by atoms with van der Waals surface area (Å²) in [6.45, 7) is 10.2. The number of aromatic nitrogens is 2. The van der Waals surface area contributed by atoms with Crippen LogP contribution in [0, 0.1) is 6.92 Å². The van der Waals surface area contributed by atoms with Crippen LogP contribution < -0.4 is 4.90 Å². The van der Waals surface area contributed by atoms with Gasteiger partial charge in [-0.25, -0.2) is 0 Å². The molecule has 0 aliphatic carbocycles. The van der Waals surface area contributed by atoms with Crippen LogP contribution in [0.2, 0.25) is 0 Å². The largest absolute Gasteiger partial charge is 0.310 e. The maximum atomic E-state index is 2.41. The fourth-order valence-corrected chi connectivity index (χ4v) is 7.17. The van der Waals surface area contributed by atoms with Gasteiger partial charge in [-0.05, 0) is 85.3 Å². The van der Waals surface area contributed by atoms with Crippen LogP contribution in [0.1, 0.15) is 33.3 Å². The lowest BCUT2D eigenvalue weighted by atomic mass is 10.1. The zero-order valence-electron chi connectivity index (χ0n) is 29.5. The van der Waals surface area contributed by atoms with Crippen molar-refractivity contribution in [3.05, 3.63) is 175 Å². The normalized spacial score (nSPS) is 10.9. The number of nitrogens with zero attached hydrogens (tertiary/aromatic N) is 3. The van der Waals surface area contributed by atoms with Crippen molar-refractivity contribution < 1.29 is 0 Å². The van der Waals surface area contributed by atoms with Gasteiger partial charge < -0.3 is 14.0 Å². The molecule has 0 saturated carbocycles. The van der Waals surface area contributed by atoms with E-state index in [1.807, 2.05) is 27.7 Å². The van der Waals surface area contributed by atoms with Gasteiger partial charge in [0.1, 0.15) is 0 Å². The average molecular weight is 650 g/mol. The van der Waals surface area contributed by atoms with Crippen LogP contribution in [0.15, 0.2) is 170 Å². The zero-order chi connectivity index (χ0) is 34.6. The Morgan fingerprint density at radius 1 is 0.360 bits per heavy atom. The maximum absolute atomic E-state index is 2.41. The first-order valence-corrected chi connectivity index (χ1v) is 17.8. The third kappa shape index (κ3) is 5.51. The summed E-state index contributed by atoms with van der Waals surface area (Å²) in [5.41, 5.74) is 11.8. The highest BCUT2D eigenvalue weighted by atomic mass is 15.1. The highest BCUT2D eigenvalue weighted by Crippen LogP contribution is 2.40. The van der Waals surface area contributed by atoms with Crippen LogP contribution in [0.4, 0.5) is 17.1 Å². The number of benzene rings is 7. The van der Waals surface area contributed by atoms with Gasteiger partial charge in [0, 0.05) is 50.0 Å². The molecule has 2 aromatic heterocycles. The van der Waals surface area contributed by atoms with Crippen LogP contribution in [-0.4, -0.2) is 9.13 Å². The second-order valence-electron chi connectivity index (χ2n) is 11.9. The van der Waals surface area contributed by atoms with Gasteiger partial charge in [-0.3, -0.25) is 0 Å². The summed E-state index contributed by atoms with van der Waals surface area (Å²) in [5.74, 6) is 0. The van der Waals surface area contributed by atoms with Crippen molar-refractivity contribution in [3.8, 4) is 11.4 Å². The van der Waals surface area contributed by atoms with E-state index >= 15 is 0 Å². The maximum Gasteiger partial charge on any atom is 0.0542 e. The van der Waals surface area contributed by atoms with Crippen molar-refractivity contribution in [2.45, 2.75) is 34.6 Å². The smallest absolute Gasteiger partial charge is 0.0542 e. The highest BCUT2D eigenvalue weighted by molar-refractivity contribution is 6.12. The van der Waals surface area contributed by atoms with Crippen LogP contribution in [-0.2, 0) is 0 Å². The van der Waals surface area contributed by atoms with Gasteiger partial charge in [0.15, 0.2) is 0 Å². The van der Waals surface area contributed by atoms with Gasteiger partial charge in [0.25, 0.3) is 0 Å². The first-order valence-electron chi connectivity index (χ1n) is 17.8. The van der Waals surface area contributed by atoms with Crippen molar-refractivity contribution >= 4 is 60.7 Å². The van der Waals surface area contributed by atoms with E-state index in [1.54, 1.807) is 0 Å². The monoisotopic (exact) mass is 649 g/mol. The Morgan fingerprint density at radius 3 is 1.42 bits per heavy atom. The third-order valence-electron chi connectivity index (χ3n) is 9.21. The summed E-state index contributed by atoms with van der Waals surface area (Å²) in [5, 5.41) is 5.02. The van der Waals surface area contributed by atoms with E-state index in [4.69, 9.17) is 0 Å². The summed E-state index contributed by atoms with van der Waals surface area (Å²) in [6, 6.07) is 61.2. The standard InChI is InChI=1S/C43H31N3.2C2H6/c1-30-14-5-9-22-39(30)44(31-15-3-2-4-16-31)32-17-13-18-33(28-32)45-42-25-12-8-21-37(42)38-29-34(26-27-43(38)45)46-40-23-10-6-19-35(40)36-20-7-11-24-41(36)46;2*1-2/h2-29H,1H3;2*1-2H3. The number of hydrogen-bond acceptors (Lipinski definition) is 1. The number of para-hydroxylation sites is 5. The molecule has 246 valence electrons. The molecule has 0 saturated heterocycles. The average Bonchev–Trinajstić information content (AvgIpc) is 3.70. The van der Waals surface area contributed by atoms with E-state index in [0.717, 1.165) is 22.7 Å². The van der Waals surface area contributed by atoms with Crippen LogP contribution in [0.5, 0.6) is 0 Å².